The fraction of sp³-hybridized carbons (Fsp3) is 0.267. The molecule has 0 saturated carbocycles. The van der Waals surface area contributed by atoms with Crippen molar-refractivity contribution in [2.75, 3.05) is 13.1 Å². The summed E-state index contributed by atoms with van der Waals surface area (Å²) in [5.41, 5.74) is 0.777. The fourth-order valence-corrected chi connectivity index (χ4v) is 2.75. The van der Waals surface area contributed by atoms with E-state index in [1.165, 1.54) is 4.90 Å². The predicted octanol–water partition coefficient (Wildman–Crippen LogP) is 1.95. The maximum atomic E-state index is 12.6. The highest BCUT2D eigenvalue weighted by Gasteiger charge is 2.36. The SMILES string of the molecule is Cc1cc(C(=O)N2CCNC(=O)[C@H]2c2ccccc2Cl)no1. The number of aromatic nitrogens is 1. The standard InChI is InChI=1S/C15H14ClN3O3/c1-9-8-12(18-22-9)15(21)19-7-6-17-14(20)13(19)10-4-2-3-5-11(10)16/h2-5,8,13H,6-7H2,1H3,(H,17,20)/t13-/m1/s1. The number of carbonyl (C=O) groups is 2. The van der Waals surface area contributed by atoms with Crippen LogP contribution in [0.3, 0.4) is 0 Å². The fourth-order valence-electron chi connectivity index (χ4n) is 2.51. The van der Waals surface area contributed by atoms with Crippen LogP contribution in [0.2, 0.25) is 5.02 Å². The topological polar surface area (TPSA) is 75.4 Å². The van der Waals surface area contributed by atoms with Gasteiger partial charge >= 0.3 is 0 Å². The summed E-state index contributed by atoms with van der Waals surface area (Å²) in [4.78, 5) is 26.4. The number of carbonyl (C=O) groups excluding carboxylic acids is 2. The third-order valence-electron chi connectivity index (χ3n) is 3.52. The minimum atomic E-state index is -0.771. The zero-order valence-corrected chi connectivity index (χ0v) is 12.6. The number of benzene rings is 1. The average Bonchev–Trinajstić information content (AvgIpc) is 2.94. The minimum Gasteiger partial charge on any atom is -0.361 e. The molecule has 2 amide bonds. The Bertz CT molecular complexity index is 728. The molecule has 22 heavy (non-hydrogen) atoms. The van der Waals surface area contributed by atoms with Gasteiger partial charge < -0.3 is 14.7 Å². The lowest BCUT2D eigenvalue weighted by Gasteiger charge is -2.35. The van der Waals surface area contributed by atoms with Crippen LogP contribution >= 0.6 is 11.6 Å². The van der Waals surface area contributed by atoms with Gasteiger partial charge in [0.1, 0.15) is 11.8 Å². The first-order valence-corrected chi connectivity index (χ1v) is 7.22. The van der Waals surface area contributed by atoms with E-state index in [0.717, 1.165) is 0 Å². The largest absolute Gasteiger partial charge is 0.361 e. The Kier molecular flexibility index (Phi) is 3.85. The van der Waals surface area contributed by atoms with Crippen molar-refractivity contribution in [3.63, 3.8) is 0 Å². The Morgan fingerprint density at radius 1 is 1.45 bits per heavy atom. The molecule has 0 radical (unpaired) electrons. The zero-order chi connectivity index (χ0) is 15.7. The second kappa shape index (κ2) is 5.81. The van der Waals surface area contributed by atoms with E-state index in [2.05, 4.69) is 10.5 Å². The van der Waals surface area contributed by atoms with E-state index >= 15 is 0 Å². The van der Waals surface area contributed by atoms with Gasteiger partial charge in [0.25, 0.3) is 5.91 Å². The van der Waals surface area contributed by atoms with Crippen LogP contribution in [0.1, 0.15) is 27.9 Å². The summed E-state index contributed by atoms with van der Waals surface area (Å²) in [6.07, 6.45) is 0. The average molecular weight is 320 g/mol. The number of piperazine rings is 1. The van der Waals surface area contributed by atoms with Crippen molar-refractivity contribution in [2.45, 2.75) is 13.0 Å². The maximum absolute atomic E-state index is 12.6. The van der Waals surface area contributed by atoms with E-state index in [-0.39, 0.29) is 17.5 Å². The van der Waals surface area contributed by atoms with Gasteiger partial charge in [0.15, 0.2) is 5.69 Å². The van der Waals surface area contributed by atoms with E-state index < -0.39 is 6.04 Å². The van der Waals surface area contributed by atoms with E-state index in [9.17, 15) is 9.59 Å². The van der Waals surface area contributed by atoms with Gasteiger partial charge in [-0.25, -0.2) is 0 Å². The molecule has 1 N–H and O–H groups in total. The number of rotatable bonds is 2. The predicted molar refractivity (Wildman–Crippen MR) is 79.5 cm³/mol. The van der Waals surface area contributed by atoms with E-state index in [4.69, 9.17) is 16.1 Å². The third kappa shape index (κ3) is 2.57. The van der Waals surface area contributed by atoms with Gasteiger partial charge in [0.05, 0.1) is 0 Å². The smallest absolute Gasteiger partial charge is 0.277 e. The van der Waals surface area contributed by atoms with Crippen LogP contribution in [0, 0.1) is 6.92 Å². The number of aryl methyl sites for hydroxylation is 1. The third-order valence-corrected chi connectivity index (χ3v) is 3.86. The molecule has 7 heteroatoms. The molecule has 1 aromatic carbocycles. The second-order valence-corrected chi connectivity index (χ2v) is 5.44. The van der Waals surface area contributed by atoms with E-state index in [1.807, 2.05) is 0 Å². The van der Waals surface area contributed by atoms with Crippen LogP contribution in [0.15, 0.2) is 34.9 Å². The van der Waals surface area contributed by atoms with Crippen LogP contribution in [0.4, 0.5) is 0 Å². The Morgan fingerprint density at radius 3 is 2.91 bits per heavy atom. The van der Waals surface area contributed by atoms with Gasteiger partial charge in [-0.1, -0.05) is 35.0 Å². The summed E-state index contributed by atoms with van der Waals surface area (Å²) in [7, 11) is 0. The Hall–Kier alpha value is -2.34. The van der Waals surface area contributed by atoms with Crippen LogP contribution in [-0.2, 0) is 4.79 Å². The summed E-state index contributed by atoms with van der Waals surface area (Å²) in [6.45, 7) is 2.48. The van der Waals surface area contributed by atoms with Crippen LogP contribution < -0.4 is 5.32 Å². The summed E-state index contributed by atoms with van der Waals surface area (Å²) in [5, 5.41) is 6.94. The van der Waals surface area contributed by atoms with Gasteiger partial charge in [-0.2, -0.15) is 0 Å². The lowest BCUT2D eigenvalue weighted by Crippen LogP contribution is -2.52. The van der Waals surface area contributed by atoms with Crippen molar-refractivity contribution < 1.29 is 14.1 Å². The molecule has 114 valence electrons. The van der Waals surface area contributed by atoms with Crippen LogP contribution in [0.25, 0.3) is 0 Å². The molecule has 0 bridgehead atoms. The van der Waals surface area contributed by atoms with Gasteiger partial charge in [-0.05, 0) is 13.0 Å². The van der Waals surface area contributed by atoms with Gasteiger partial charge in [0.2, 0.25) is 5.91 Å². The van der Waals surface area contributed by atoms with E-state index in [0.29, 0.717) is 29.4 Å². The van der Waals surface area contributed by atoms with Crippen LogP contribution in [0.5, 0.6) is 0 Å². The Labute approximate surface area is 132 Å². The van der Waals surface area contributed by atoms with Crippen molar-refractivity contribution in [1.29, 1.82) is 0 Å². The van der Waals surface area contributed by atoms with Crippen molar-refractivity contribution in [2.24, 2.45) is 0 Å². The number of amides is 2. The maximum Gasteiger partial charge on any atom is 0.277 e. The molecule has 1 saturated heterocycles. The van der Waals surface area contributed by atoms with Crippen molar-refractivity contribution >= 4 is 23.4 Å². The molecule has 6 nitrogen and oxygen atoms in total. The summed E-state index contributed by atoms with van der Waals surface area (Å²) in [5.74, 6) is -0.0661. The molecule has 0 spiro atoms. The number of halogens is 1. The van der Waals surface area contributed by atoms with Gasteiger partial charge in [0, 0.05) is 29.7 Å². The van der Waals surface area contributed by atoms with Gasteiger partial charge in [-0.15, -0.1) is 0 Å². The second-order valence-electron chi connectivity index (χ2n) is 5.04. The highest BCUT2D eigenvalue weighted by molar-refractivity contribution is 6.31. The molecule has 1 aliphatic rings. The molecular weight excluding hydrogens is 306 g/mol. The molecule has 0 aliphatic carbocycles. The van der Waals surface area contributed by atoms with Crippen LogP contribution in [-0.4, -0.2) is 35.0 Å². The first-order chi connectivity index (χ1) is 10.6. The zero-order valence-electron chi connectivity index (χ0n) is 11.9. The quantitative estimate of drug-likeness (QED) is 0.918. The lowest BCUT2D eigenvalue weighted by molar-refractivity contribution is -0.128. The Balaban J connectivity index is 1.99. The van der Waals surface area contributed by atoms with Gasteiger partial charge in [-0.3, -0.25) is 9.59 Å². The molecule has 1 fully saturated rings. The molecule has 0 unspecified atom stereocenters. The molecule has 1 aliphatic heterocycles. The molecule has 2 aromatic rings. The monoisotopic (exact) mass is 319 g/mol. The number of hydrogen-bond acceptors (Lipinski definition) is 4. The van der Waals surface area contributed by atoms with Crippen molar-refractivity contribution in [3.05, 3.63) is 52.4 Å². The normalized spacial score (nSPS) is 18.2. The van der Waals surface area contributed by atoms with Crippen molar-refractivity contribution in [1.82, 2.24) is 15.4 Å². The first kappa shape index (κ1) is 14.6. The molecular formula is C15H14ClN3O3. The lowest BCUT2D eigenvalue weighted by atomic mass is 10.0. The summed E-state index contributed by atoms with van der Waals surface area (Å²) < 4.78 is 4.94. The highest BCUT2D eigenvalue weighted by Crippen LogP contribution is 2.30. The summed E-state index contributed by atoms with van der Waals surface area (Å²) in [6, 6.07) is 7.78. The molecule has 2 heterocycles. The van der Waals surface area contributed by atoms with E-state index in [1.54, 1.807) is 37.3 Å². The minimum absolute atomic E-state index is 0.184. The number of hydrogen-bond donors (Lipinski definition) is 1. The summed E-state index contributed by atoms with van der Waals surface area (Å²) >= 11 is 6.19. The Morgan fingerprint density at radius 2 is 2.23 bits per heavy atom. The number of nitrogens with one attached hydrogen (secondary N) is 1. The molecule has 3 rings (SSSR count). The molecule has 1 atom stereocenters. The highest BCUT2D eigenvalue weighted by atomic mass is 35.5. The molecule has 1 aromatic heterocycles. The first-order valence-electron chi connectivity index (χ1n) is 6.84. The van der Waals surface area contributed by atoms with Crippen molar-refractivity contribution in [3.8, 4) is 0 Å². The number of nitrogens with zero attached hydrogens (tertiary/aromatic N) is 2.